The van der Waals surface area contributed by atoms with Gasteiger partial charge in [-0.1, -0.05) is 25.0 Å². The average molecular weight is 395 g/mol. The monoisotopic (exact) mass is 395 g/mol. The topological polar surface area (TPSA) is 101 Å². The zero-order valence-corrected chi connectivity index (χ0v) is 16.2. The molecule has 0 amide bonds. The van der Waals surface area contributed by atoms with Crippen LogP contribution in [0, 0.1) is 5.92 Å². The summed E-state index contributed by atoms with van der Waals surface area (Å²) >= 11 is 0. The number of sulfonamides is 1. The maximum absolute atomic E-state index is 13.3. The predicted molar refractivity (Wildman–Crippen MR) is 97.6 cm³/mol. The second-order valence-corrected chi connectivity index (χ2v) is 9.01. The Bertz CT molecular complexity index is 821. The van der Waals surface area contributed by atoms with E-state index in [4.69, 9.17) is 4.74 Å². The van der Waals surface area contributed by atoms with Crippen LogP contribution in [-0.2, 0) is 30.8 Å². The van der Waals surface area contributed by atoms with Crippen molar-refractivity contribution >= 4 is 22.0 Å². The highest BCUT2D eigenvalue weighted by Gasteiger charge is 2.51. The first-order valence-electron chi connectivity index (χ1n) is 9.35. The second-order valence-electron chi connectivity index (χ2n) is 7.17. The first-order valence-corrected chi connectivity index (χ1v) is 10.8. The van der Waals surface area contributed by atoms with Crippen LogP contribution in [-0.4, -0.2) is 48.5 Å². The van der Waals surface area contributed by atoms with Gasteiger partial charge in [0.25, 0.3) is 0 Å². The van der Waals surface area contributed by atoms with Crippen molar-refractivity contribution in [3.05, 3.63) is 29.8 Å². The van der Waals surface area contributed by atoms with Crippen LogP contribution in [0.5, 0.6) is 0 Å². The van der Waals surface area contributed by atoms with Gasteiger partial charge in [0.2, 0.25) is 10.0 Å². The highest BCUT2D eigenvalue weighted by Crippen LogP contribution is 2.42. The number of carboxylic acids is 1. The normalized spacial score (nSPS) is 25.7. The molecule has 2 fully saturated rings. The van der Waals surface area contributed by atoms with E-state index in [1.807, 2.05) is 0 Å². The summed E-state index contributed by atoms with van der Waals surface area (Å²) in [4.78, 5) is 23.5. The van der Waals surface area contributed by atoms with Gasteiger partial charge in [-0.05, 0) is 49.8 Å². The minimum Gasteiger partial charge on any atom is -0.480 e. The van der Waals surface area contributed by atoms with Gasteiger partial charge in [0, 0.05) is 6.04 Å². The quantitative estimate of drug-likeness (QED) is 0.741. The van der Waals surface area contributed by atoms with E-state index in [-0.39, 0.29) is 29.9 Å². The van der Waals surface area contributed by atoms with Gasteiger partial charge in [-0.3, -0.25) is 9.59 Å². The molecule has 1 saturated carbocycles. The van der Waals surface area contributed by atoms with Gasteiger partial charge in [0.05, 0.1) is 17.9 Å². The van der Waals surface area contributed by atoms with Crippen molar-refractivity contribution < 1.29 is 27.9 Å². The maximum atomic E-state index is 13.3. The fraction of sp³-hybridized carbons (Fsp3) is 0.579. The Balaban J connectivity index is 1.92. The van der Waals surface area contributed by atoms with Gasteiger partial charge in [-0.15, -0.1) is 0 Å². The summed E-state index contributed by atoms with van der Waals surface area (Å²) in [5.41, 5.74) is 0.529. The maximum Gasteiger partial charge on any atom is 0.322 e. The number of hydrogen-bond acceptors (Lipinski definition) is 5. The molecular formula is C19H25NO6S. The number of esters is 1. The van der Waals surface area contributed by atoms with Crippen LogP contribution in [0.15, 0.2) is 29.2 Å². The number of fused-ring (bicyclic) bond motifs is 1. The Hall–Kier alpha value is -1.93. The van der Waals surface area contributed by atoms with Crippen molar-refractivity contribution in [1.29, 1.82) is 0 Å². The molecule has 0 spiro atoms. The molecule has 0 aromatic heterocycles. The number of carbonyl (C=O) groups excluding carboxylic acids is 1. The summed E-state index contributed by atoms with van der Waals surface area (Å²) in [7, 11) is -3.97. The van der Waals surface area contributed by atoms with E-state index in [2.05, 4.69) is 0 Å². The third-order valence-electron chi connectivity index (χ3n) is 5.44. The number of hydrogen-bond donors (Lipinski definition) is 1. The smallest absolute Gasteiger partial charge is 0.322 e. The number of nitrogens with zero attached hydrogens (tertiary/aromatic N) is 1. The summed E-state index contributed by atoms with van der Waals surface area (Å²) in [6.07, 6.45) is 3.81. The molecule has 1 aliphatic carbocycles. The SMILES string of the molecule is CCOC(=O)Cc1cccc(S(=O)(=O)N2C(C(=O)O)CC3CCCCC32)c1. The first-order chi connectivity index (χ1) is 12.8. The summed E-state index contributed by atoms with van der Waals surface area (Å²) in [5.74, 6) is -1.43. The van der Waals surface area contributed by atoms with Gasteiger partial charge >= 0.3 is 11.9 Å². The molecule has 27 heavy (non-hydrogen) atoms. The van der Waals surface area contributed by atoms with Gasteiger partial charge in [-0.25, -0.2) is 8.42 Å². The molecule has 8 heteroatoms. The summed E-state index contributed by atoms with van der Waals surface area (Å²) in [6.45, 7) is 1.97. The Morgan fingerprint density at radius 2 is 2.00 bits per heavy atom. The largest absolute Gasteiger partial charge is 0.480 e. The van der Waals surface area contributed by atoms with Crippen molar-refractivity contribution in [2.45, 2.75) is 62.4 Å². The van der Waals surface area contributed by atoms with E-state index in [9.17, 15) is 23.1 Å². The van der Waals surface area contributed by atoms with E-state index in [1.165, 1.54) is 16.4 Å². The lowest BCUT2D eigenvalue weighted by atomic mass is 9.85. The van der Waals surface area contributed by atoms with Crippen LogP contribution < -0.4 is 0 Å². The summed E-state index contributed by atoms with van der Waals surface area (Å²) in [5, 5.41) is 9.61. The zero-order valence-electron chi connectivity index (χ0n) is 15.3. The van der Waals surface area contributed by atoms with Crippen molar-refractivity contribution in [2.75, 3.05) is 6.61 Å². The zero-order chi connectivity index (χ0) is 19.6. The lowest BCUT2D eigenvalue weighted by Crippen LogP contribution is -2.46. The fourth-order valence-corrected chi connectivity index (χ4v) is 6.23. The number of ether oxygens (including phenoxy) is 1. The van der Waals surface area contributed by atoms with E-state index < -0.39 is 28.0 Å². The van der Waals surface area contributed by atoms with E-state index in [0.29, 0.717) is 18.4 Å². The molecule has 148 valence electrons. The standard InChI is InChI=1S/C19H25NO6S/c1-2-26-18(21)11-13-6-5-8-15(10-13)27(24,25)20-16-9-4-3-7-14(16)12-17(20)19(22)23/h5-6,8,10,14,16-17H,2-4,7,9,11-12H2,1H3,(H,22,23). The number of rotatable bonds is 6. The molecule has 1 heterocycles. The molecule has 1 aromatic rings. The molecule has 0 bridgehead atoms. The Kier molecular flexibility index (Phi) is 5.86. The van der Waals surface area contributed by atoms with Crippen LogP contribution >= 0.6 is 0 Å². The minimum absolute atomic E-state index is 0.0222. The Morgan fingerprint density at radius 3 is 2.70 bits per heavy atom. The molecule has 1 aliphatic heterocycles. The molecule has 2 aliphatic rings. The molecule has 1 N–H and O–H groups in total. The summed E-state index contributed by atoms with van der Waals surface area (Å²) in [6, 6.07) is 4.85. The third kappa shape index (κ3) is 4.01. The average Bonchev–Trinajstić information content (AvgIpc) is 3.03. The van der Waals surface area contributed by atoms with Crippen molar-refractivity contribution in [3.63, 3.8) is 0 Å². The van der Waals surface area contributed by atoms with Crippen molar-refractivity contribution in [3.8, 4) is 0 Å². The highest BCUT2D eigenvalue weighted by atomic mass is 32.2. The van der Waals surface area contributed by atoms with Crippen molar-refractivity contribution in [2.24, 2.45) is 5.92 Å². The Labute approximate surface area is 159 Å². The number of carbonyl (C=O) groups is 2. The lowest BCUT2D eigenvalue weighted by molar-refractivity contribution is -0.142. The van der Waals surface area contributed by atoms with Gasteiger partial charge < -0.3 is 9.84 Å². The molecule has 3 atom stereocenters. The minimum atomic E-state index is -3.97. The van der Waals surface area contributed by atoms with Crippen LogP contribution in [0.4, 0.5) is 0 Å². The van der Waals surface area contributed by atoms with Crippen LogP contribution in [0.3, 0.4) is 0 Å². The van der Waals surface area contributed by atoms with Crippen LogP contribution in [0.2, 0.25) is 0 Å². The first kappa shape index (κ1) is 19.8. The molecule has 1 aromatic carbocycles. The number of aliphatic carboxylic acids is 1. The van der Waals surface area contributed by atoms with E-state index >= 15 is 0 Å². The molecule has 3 rings (SSSR count). The lowest BCUT2D eigenvalue weighted by Gasteiger charge is -2.32. The van der Waals surface area contributed by atoms with Crippen LogP contribution in [0.1, 0.15) is 44.6 Å². The molecule has 1 saturated heterocycles. The van der Waals surface area contributed by atoms with Gasteiger partial charge in [0.15, 0.2) is 0 Å². The molecule has 3 unspecified atom stereocenters. The van der Waals surface area contributed by atoms with Gasteiger partial charge in [-0.2, -0.15) is 4.31 Å². The predicted octanol–water partition coefficient (Wildman–Crippen LogP) is 2.20. The summed E-state index contributed by atoms with van der Waals surface area (Å²) < 4.78 is 32.8. The molecule has 0 radical (unpaired) electrons. The van der Waals surface area contributed by atoms with Gasteiger partial charge in [0.1, 0.15) is 6.04 Å². The molecular weight excluding hydrogens is 370 g/mol. The van der Waals surface area contributed by atoms with Crippen molar-refractivity contribution in [1.82, 2.24) is 4.31 Å². The highest BCUT2D eigenvalue weighted by molar-refractivity contribution is 7.89. The Morgan fingerprint density at radius 1 is 1.26 bits per heavy atom. The number of carboxylic acid groups (broad SMARTS) is 1. The number of benzene rings is 1. The second kappa shape index (κ2) is 7.98. The van der Waals surface area contributed by atoms with E-state index in [1.54, 1.807) is 19.1 Å². The van der Waals surface area contributed by atoms with Crippen LogP contribution in [0.25, 0.3) is 0 Å². The van der Waals surface area contributed by atoms with E-state index in [0.717, 1.165) is 19.3 Å². The third-order valence-corrected chi connectivity index (χ3v) is 7.37. The molecule has 7 nitrogen and oxygen atoms in total. The fourth-order valence-electron chi connectivity index (χ4n) is 4.29.